The van der Waals surface area contributed by atoms with Gasteiger partial charge in [0, 0.05) is 17.6 Å². The molecule has 0 radical (unpaired) electrons. The molecule has 2 N–H and O–H groups in total. The summed E-state index contributed by atoms with van der Waals surface area (Å²) in [6.07, 6.45) is 5.89. The van der Waals surface area contributed by atoms with E-state index in [2.05, 4.69) is 10.1 Å². The van der Waals surface area contributed by atoms with Crippen molar-refractivity contribution >= 4 is 28.6 Å². The van der Waals surface area contributed by atoms with Crippen LogP contribution in [0.5, 0.6) is 0 Å². The lowest BCUT2D eigenvalue weighted by molar-refractivity contribution is -0.155. The van der Waals surface area contributed by atoms with Crippen molar-refractivity contribution in [1.29, 1.82) is 0 Å². The molecule has 4 rings (SSSR count). The number of nitrogens with zero attached hydrogens (tertiary/aromatic N) is 5. The lowest BCUT2D eigenvalue weighted by atomic mass is 10.1. The van der Waals surface area contributed by atoms with Gasteiger partial charge in [0.1, 0.15) is 12.6 Å². The van der Waals surface area contributed by atoms with Crippen LogP contribution in [0.3, 0.4) is 0 Å². The zero-order valence-corrected chi connectivity index (χ0v) is 16.8. The number of aromatic nitrogens is 3. The number of likely N-dealkylation sites (tertiary alicyclic amines) is 1. The van der Waals surface area contributed by atoms with Crippen LogP contribution in [-0.4, -0.2) is 61.1 Å². The molecule has 1 saturated heterocycles. The number of carbonyl (C=O) groups is 3. The first-order chi connectivity index (χ1) is 14.3. The maximum Gasteiger partial charge on any atom is 0.273 e. The lowest BCUT2D eigenvalue weighted by Crippen LogP contribution is -2.48. The minimum Gasteiger partial charge on any atom is -0.364 e. The molecular formula is C20H23FN6O3. The van der Waals surface area contributed by atoms with Crippen LogP contribution in [0.4, 0.5) is 4.48 Å². The standard InChI is InChI=1S/C20H23FN6O3/c1-11(2)4-6-25(21)20(30)15-8-12-7-14(12)27(15)17(28)10-26-16-9-23-5-3-13(16)18(24-26)19(22)29/h3-5,9,12,14-15H,6-8,10H2,1-2H3,(H2,22,29)/t12-,14-,15+/m1/s1. The van der Waals surface area contributed by atoms with E-state index in [1.807, 2.05) is 13.8 Å². The fraction of sp³-hybridized carbons (Fsp3) is 0.450. The van der Waals surface area contributed by atoms with E-state index in [0.29, 0.717) is 17.3 Å². The SMILES string of the molecule is CC(C)=CCN(F)C(=O)[C@@H]1C[C@H]2C[C@H]2N1C(=O)Cn1nc(C(N)=O)c2ccncc21. The zero-order valence-electron chi connectivity index (χ0n) is 16.8. The summed E-state index contributed by atoms with van der Waals surface area (Å²) >= 11 is 0. The van der Waals surface area contributed by atoms with Crippen molar-refractivity contribution in [1.82, 2.24) is 24.8 Å². The maximum atomic E-state index is 14.3. The van der Waals surface area contributed by atoms with Crippen LogP contribution in [0.25, 0.3) is 10.9 Å². The van der Waals surface area contributed by atoms with Crippen LogP contribution in [0.1, 0.15) is 37.2 Å². The fourth-order valence-corrected chi connectivity index (χ4v) is 4.08. The molecule has 0 bridgehead atoms. The van der Waals surface area contributed by atoms with Crippen LogP contribution in [0, 0.1) is 5.92 Å². The van der Waals surface area contributed by atoms with Crippen LogP contribution >= 0.6 is 0 Å². The average molecular weight is 414 g/mol. The molecule has 2 aliphatic rings. The van der Waals surface area contributed by atoms with E-state index >= 15 is 0 Å². The second-order valence-electron chi connectivity index (χ2n) is 8.04. The highest BCUT2D eigenvalue weighted by Gasteiger charge is 2.56. The maximum absolute atomic E-state index is 14.3. The van der Waals surface area contributed by atoms with Gasteiger partial charge in [0.2, 0.25) is 5.91 Å². The van der Waals surface area contributed by atoms with E-state index in [-0.39, 0.29) is 41.8 Å². The third-order valence-electron chi connectivity index (χ3n) is 5.65. The Bertz CT molecular complexity index is 1060. The molecule has 30 heavy (non-hydrogen) atoms. The smallest absolute Gasteiger partial charge is 0.273 e. The predicted octanol–water partition coefficient (Wildman–Crippen LogP) is 1.20. The summed E-state index contributed by atoms with van der Waals surface area (Å²) < 4.78 is 15.7. The third-order valence-corrected chi connectivity index (χ3v) is 5.65. The normalized spacial score (nSPS) is 22.0. The van der Waals surface area contributed by atoms with Crippen LogP contribution in [0.15, 0.2) is 30.1 Å². The molecule has 1 saturated carbocycles. The van der Waals surface area contributed by atoms with Crippen LogP contribution in [0.2, 0.25) is 0 Å². The van der Waals surface area contributed by atoms with Crippen molar-refractivity contribution in [3.8, 4) is 0 Å². The molecule has 3 atom stereocenters. The third kappa shape index (κ3) is 3.53. The average Bonchev–Trinajstić information content (AvgIpc) is 3.21. The summed E-state index contributed by atoms with van der Waals surface area (Å²) in [6, 6.07) is 0.721. The highest BCUT2D eigenvalue weighted by molar-refractivity contribution is 6.04. The largest absolute Gasteiger partial charge is 0.364 e. The number of pyridine rings is 1. The van der Waals surface area contributed by atoms with Gasteiger partial charge >= 0.3 is 0 Å². The van der Waals surface area contributed by atoms with E-state index in [9.17, 15) is 18.9 Å². The molecule has 2 aromatic rings. The summed E-state index contributed by atoms with van der Waals surface area (Å²) in [5.74, 6) is -1.55. The number of hydrogen-bond acceptors (Lipinski definition) is 5. The summed E-state index contributed by atoms with van der Waals surface area (Å²) in [5.41, 5.74) is 6.83. The molecule has 3 heterocycles. The molecule has 3 amide bonds. The number of fused-ring (bicyclic) bond motifs is 2. The number of primary amides is 1. The Labute approximate surface area is 172 Å². The molecule has 0 aromatic carbocycles. The van der Waals surface area contributed by atoms with Gasteiger partial charge in [-0.1, -0.05) is 16.1 Å². The Kier molecular flexibility index (Phi) is 5.00. The Balaban J connectivity index is 1.56. The molecular weight excluding hydrogens is 391 g/mol. The number of allylic oxidation sites excluding steroid dienone is 1. The number of halogens is 1. The van der Waals surface area contributed by atoms with Gasteiger partial charge in [-0.15, -0.1) is 0 Å². The molecule has 0 unspecified atom stereocenters. The number of carbonyl (C=O) groups excluding carboxylic acids is 3. The van der Waals surface area contributed by atoms with E-state index in [4.69, 9.17) is 5.73 Å². The molecule has 0 spiro atoms. The number of nitrogens with two attached hydrogens (primary N) is 1. The second kappa shape index (κ2) is 7.51. The Morgan fingerprint density at radius 3 is 2.80 bits per heavy atom. The van der Waals surface area contributed by atoms with Gasteiger partial charge in [-0.25, -0.2) is 0 Å². The van der Waals surface area contributed by atoms with Crippen molar-refractivity contribution in [2.45, 2.75) is 45.3 Å². The first kappa shape index (κ1) is 20.0. The highest BCUT2D eigenvalue weighted by Crippen LogP contribution is 2.48. The fourth-order valence-electron chi connectivity index (χ4n) is 4.08. The van der Waals surface area contributed by atoms with Crippen LogP contribution < -0.4 is 5.73 Å². The zero-order chi connectivity index (χ0) is 21.6. The monoisotopic (exact) mass is 414 g/mol. The van der Waals surface area contributed by atoms with Crippen molar-refractivity contribution in [3.05, 3.63) is 35.8 Å². The summed E-state index contributed by atoms with van der Waals surface area (Å²) in [6.45, 7) is 3.31. The van der Waals surface area contributed by atoms with Crippen LogP contribution in [-0.2, 0) is 16.1 Å². The van der Waals surface area contributed by atoms with Crippen molar-refractivity contribution in [2.75, 3.05) is 6.54 Å². The quantitative estimate of drug-likeness (QED) is 0.563. The second-order valence-corrected chi connectivity index (χ2v) is 8.04. The first-order valence-electron chi connectivity index (χ1n) is 9.80. The van der Waals surface area contributed by atoms with Gasteiger partial charge in [-0.2, -0.15) is 10.2 Å². The number of amides is 3. The molecule has 2 fully saturated rings. The van der Waals surface area contributed by atoms with E-state index in [1.54, 1.807) is 12.1 Å². The van der Waals surface area contributed by atoms with E-state index in [1.165, 1.54) is 22.0 Å². The van der Waals surface area contributed by atoms with Gasteiger partial charge in [0.15, 0.2) is 5.69 Å². The summed E-state index contributed by atoms with van der Waals surface area (Å²) in [5, 5.41) is 4.84. The van der Waals surface area contributed by atoms with E-state index < -0.39 is 17.9 Å². The van der Waals surface area contributed by atoms with Gasteiger partial charge in [-0.05, 0) is 38.7 Å². The summed E-state index contributed by atoms with van der Waals surface area (Å²) in [7, 11) is 0. The molecule has 158 valence electrons. The van der Waals surface area contributed by atoms with Gasteiger partial charge < -0.3 is 10.6 Å². The topological polar surface area (TPSA) is 114 Å². The predicted molar refractivity (Wildman–Crippen MR) is 105 cm³/mol. The van der Waals surface area contributed by atoms with Crippen molar-refractivity contribution in [3.63, 3.8) is 0 Å². The van der Waals surface area contributed by atoms with E-state index in [0.717, 1.165) is 12.0 Å². The van der Waals surface area contributed by atoms with Gasteiger partial charge in [0.05, 0.1) is 18.3 Å². The number of piperidine rings is 1. The Morgan fingerprint density at radius 2 is 2.10 bits per heavy atom. The minimum atomic E-state index is -0.827. The van der Waals surface area contributed by atoms with Gasteiger partial charge in [0.25, 0.3) is 11.8 Å². The van der Waals surface area contributed by atoms with Gasteiger partial charge in [-0.3, -0.25) is 24.0 Å². The minimum absolute atomic E-state index is 0.0511. The lowest BCUT2D eigenvalue weighted by Gasteiger charge is -2.28. The Hall–Kier alpha value is -3.30. The van der Waals surface area contributed by atoms with Crippen molar-refractivity contribution < 1.29 is 18.9 Å². The number of hydrogen-bond donors (Lipinski definition) is 1. The van der Waals surface area contributed by atoms with Crippen molar-refractivity contribution in [2.24, 2.45) is 11.7 Å². The number of rotatable bonds is 6. The molecule has 2 aromatic heterocycles. The first-order valence-corrected chi connectivity index (χ1v) is 9.80. The molecule has 1 aliphatic heterocycles. The molecule has 10 heteroatoms. The highest BCUT2D eigenvalue weighted by atomic mass is 19.2. The molecule has 9 nitrogen and oxygen atoms in total. The molecule has 1 aliphatic carbocycles. The Morgan fingerprint density at radius 1 is 1.33 bits per heavy atom. The summed E-state index contributed by atoms with van der Waals surface area (Å²) in [4.78, 5) is 42.9.